The van der Waals surface area contributed by atoms with Gasteiger partial charge in [-0.3, -0.25) is 4.79 Å². The van der Waals surface area contributed by atoms with Crippen LogP contribution in [0.3, 0.4) is 0 Å². The molecule has 0 aromatic heterocycles. The lowest BCUT2D eigenvalue weighted by atomic mass is 10.4. The van der Waals surface area contributed by atoms with Crippen LogP contribution in [0.15, 0.2) is 0 Å². The number of hydrogen-bond acceptors (Lipinski definition) is 3. The third-order valence-electron chi connectivity index (χ3n) is 0.925. The van der Waals surface area contributed by atoms with Crippen molar-refractivity contribution in [3.8, 4) is 0 Å². The number of ether oxygens (including phenoxy) is 2. The van der Waals surface area contributed by atoms with Crippen molar-refractivity contribution in [2.45, 2.75) is 13.0 Å². The van der Waals surface area contributed by atoms with Crippen LogP contribution in [0.4, 0.5) is 0 Å². The highest BCUT2D eigenvalue weighted by Crippen LogP contribution is 1.81. The SMILES string of the molecule is COCC([NH3+])COC(C)=O.[CH3-]. The van der Waals surface area contributed by atoms with Crippen molar-refractivity contribution >= 4 is 5.97 Å². The van der Waals surface area contributed by atoms with Gasteiger partial charge in [-0.05, 0) is 0 Å². The number of methoxy groups -OCH3 is 1. The lowest BCUT2D eigenvalue weighted by molar-refractivity contribution is -0.431. The van der Waals surface area contributed by atoms with Crippen molar-refractivity contribution < 1.29 is 20.0 Å². The Morgan fingerprint density at radius 2 is 2.09 bits per heavy atom. The molecule has 0 aromatic rings. The molecule has 68 valence electrons. The van der Waals surface area contributed by atoms with Crippen LogP contribution in [0.25, 0.3) is 0 Å². The van der Waals surface area contributed by atoms with E-state index in [1.165, 1.54) is 6.92 Å². The summed E-state index contributed by atoms with van der Waals surface area (Å²) in [7, 11) is 1.59. The maximum Gasteiger partial charge on any atom is 0.302 e. The number of carbonyl (C=O) groups excluding carboxylic acids is 1. The van der Waals surface area contributed by atoms with E-state index in [0.29, 0.717) is 13.2 Å². The molecule has 3 N–H and O–H groups in total. The zero-order valence-corrected chi connectivity index (χ0v) is 7.42. The molecule has 1 atom stereocenters. The maximum absolute atomic E-state index is 10.3. The first-order chi connectivity index (χ1) is 4.66. The Balaban J connectivity index is 0. The molecule has 0 saturated carbocycles. The highest BCUT2D eigenvalue weighted by Gasteiger charge is 2.06. The Labute approximate surface area is 67.7 Å². The molecule has 0 spiro atoms. The van der Waals surface area contributed by atoms with Gasteiger partial charge in [-0.1, -0.05) is 0 Å². The quantitative estimate of drug-likeness (QED) is 0.438. The van der Waals surface area contributed by atoms with E-state index < -0.39 is 0 Å². The van der Waals surface area contributed by atoms with Crippen LogP contribution in [0, 0.1) is 7.43 Å². The molecule has 0 bridgehead atoms. The summed E-state index contributed by atoms with van der Waals surface area (Å²) >= 11 is 0. The Morgan fingerprint density at radius 3 is 2.45 bits per heavy atom. The van der Waals surface area contributed by atoms with Crippen LogP contribution >= 0.6 is 0 Å². The molecule has 0 aromatic carbocycles. The molecule has 0 aliphatic heterocycles. The average Bonchev–Trinajstić information content (AvgIpc) is 1.85. The summed E-state index contributed by atoms with van der Waals surface area (Å²) in [6, 6.07) is 0.0360. The highest BCUT2D eigenvalue weighted by molar-refractivity contribution is 5.65. The molecule has 0 heterocycles. The van der Waals surface area contributed by atoms with Gasteiger partial charge >= 0.3 is 5.97 Å². The predicted octanol–water partition coefficient (Wildman–Crippen LogP) is -0.743. The van der Waals surface area contributed by atoms with Crippen molar-refractivity contribution in [1.29, 1.82) is 0 Å². The number of rotatable bonds is 4. The second-order valence-electron chi connectivity index (χ2n) is 2.12. The smallest absolute Gasteiger partial charge is 0.302 e. The average molecular weight is 163 g/mol. The topological polar surface area (TPSA) is 63.2 Å². The highest BCUT2D eigenvalue weighted by atomic mass is 16.5. The van der Waals surface area contributed by atoms with Gasteiger partial charge < -0.3 is 22.6 Å². The number of hydrogen-bond donors (Lipinski definition) is 1. The van der Waals surface area contributed by atoms with E-state index in [0.717, 1.165) is 0 Å². The van der Waals surface area contributed by atoms with Gasteiger partial charge in [-0.25, -0.2) is 0 Å². The van der Waals surface area contributed by atoms with Crippen molar-refractivity contribution in [2.75, 3.05) is 20.3 Å². The van der Waals surface area contributed by atoms with Crippen molar-refractivity contribution in [3.05, 3.63) is 7.43 Å². The van der Waals surface area contributed by atoms with E-state index in [9.17, 15) is 4.79 Å². The standard InChI is InChI=1S/C6H13NO3.CH3/c1-5(8)10-4-6(7)3-9-2;/h6H,3-4,7H2,1-2H3;1H3/q;-1/p+1. The molecule has 0 amide bonds. The minimum absolute atomic E-state index is 0. The number of quaternary nitrogens is 1. The summed E-state index contributed by atoms with van der Waals surface area (Å²) in [4.78, 5) is 10.3. The molecule has 0 radical (unpaired) electrons. The molecule has 0 rings (SSSR count). The van der Waals surface area contributed by atoms with Gasteiger partial charge in [0.05, 0.1) is 0 Å². The van der Waals surface area contributed by atoms with E-state index in [1.54, 1.807) is 7.11 Å². The fraction of sp³-hybridized carbons (Fsp3) is 0.714. The van der Waals surface area contributed by atoms with Crippen molar-refractivity contribution in [1.82, 2.24) is 0 Å². The fourth-order valence-corrected chi connectivity index (χ4v) is 0.519. The minimum Gasteiger partial charge on any atom is -0.459 e. The third kappa shape index (κ3) is 9.39. The Morgan fingerprint density at radius 1 is 1.55 bits per heavy atom. The fourth-order valence-electron chi connectivity index (χ4n) is 0.519. The first-order valence-electron chi connectivity index (χ1n) is 3.12. The monoisotopic (exact) mass is 163 g/mol. The zero-order valence-electron chi connectivity index (χ0n) is 7.42. The molecule has 4 nitrogen and oxygen atoms in total. The van der Waals surface area contributed by atoms with Gasteiger partial charge in [0.15, 0.2) is 0 Å². The van der Waals surface area contributed by atoms with Gasteiger partial charge in [0.2, 0.25) is 0 Å². The molecule has 0 aliphatic carbocycles. The van der Waals surface area contributed by atoms with E-state index >= 15 is 0 Å². The Kier molecular flexibility index (Phi) is 8.87. The molecule has 1 unspecified atom stereocenters. The van der Waals surface area contributed by atoms with Crippen LogP contribution in [-0.4, -0.2) is 32.3 Å². The van der Waals surface area contributed by atoms with Crippen LogP contribution in [-0.2, 0) is 14.3 Å². The summed E-state index contributed by atoms with van der Waals surface area (Å²) in [6.07, 6.45) is 0. The molecular weight excluding hydrogens is 146 g/mol. The van der Waals surface area contributed by atoms with Crippen molar-refractivity contribution in [2.24, 2.45) is 0 Å². The summed E-state index contributed by atoms with van der Waals surface area (Å²) in [6.45, 7) is 2.23. The van der Waals surface area contributed by atoms with E-state index in [4.69, 9.17) is 4.74 Å². The van der Waals surface area contributed by atoms with Gasteiger partial charge in [-0.2, -0.15) is 0 Å². The predicted molar refractivity (Wildman–Crippen MR) is 41.6 cm³/mol. The van der Waals surface area contributed by atoms with Crippen LogP contribution in [0.1, 0.15) is 6.92 Å². The second kappa shape index (κ2) is 7.50. The minimum atomic E-state index is -0.273. The summed E-state index contributed by atoms with van der Waals surface area (Å²) < 4.78 is 9.46. The normalized spacial score (nSPS) is 11.5. The molecular formula is C7H17NO3. The number of carbonyl (C=O) groups is 1. The molecule has 0 saturated heterocycles. The Bertz CT molecular complexity index is 106. The van der Waals surface area contributed by atoms with Gasteiger partial charge in [0.25, 0.3) is 0 Å². The molecule has 0 fully saturated rings. The molecule has 0 aliphatic rings. The Hall–Kier alpha value is -0.610. The summed E-state index contributed by atoms with van der Waals surface area (Å²) in [5.41, 5.74) is 3.70. The first kappa shape index (κ1) is 13.0. The maximum atomic E-state index is 10.3. The van der Waals surface area contributed by atoms with Crippen LogP contribution in [0.2, 0.25) is 0 Å². The third-order valence-corrected chi connectivity index (χ3v) is 0.925. The largest absolute Gasteiger partial charge is 0.459 e. The summed E-state index contributed by atoms with van der Waals surface area (Å²) in [5.74, 6) is -0.273. The van der Waals surface area contributed by atoms with Gasteiger partial charge in [0.1, 0.15) is 19.3 Å². The molecule has 11 heavy (non-hydrogen) atoms. The van der Waals surface area contributed by atoms with E-state index in [-0.39, 0.29) is 19.4 Å². The van der Waals surface area contributed by atoms with Gasteiger partial charge in [0, 0.05) is 14.0 Å². The lowest BCUT2D eigenvalue weighted by Crippen LogP contribution is -2.65. The van der Waals surface area contributed by atoms with Crippen LogP contribution in [0.5, 0.6) is 0 Å². The lowest BCUT2D eigenvalue weighted by Gasteiger charge is -2.05. The van der Waals surface area contributed by atoms with Crippen LogP contribution < -0.4 is 5.73 Å². The number of esters is 1. The van der Waals surface area contributed by atoms with E-state index in [1.807, 2.05) is 0 Å². The summed E-state index contributed by atoms with van der Waals surface area (Å²) in [5, 5.41) is 0. The van der Waals surface area contributed by atoms with E-state index in [2.05, 4.69) is 10.5 Å². The first-order valence-corrected chi connectivity index (χ1v) is 3.12. The zero-order chi connectivity index (χ0) is 7.98. The second-order valence-corrected chi connectivity index (χ2v) is 2.12. The molecule has 4 heteroatoms. The van der Waals surface area contributed by atoms with Crippen molar-refractivity contribution in [3.63, 3.8) is 0 Å². The van der Waals surface area contributed by atoms with Gasteiger partial charge in [-0.15, -0.1) is 0 Å².